The van der Waals surface area contributed by atoms with Gasteiger partial charge < -0.3 is 0 Å². The third-order valence-corrected chi connectivity index (χ3v) is 4.19. The molecule has 5 heteroatoms. The first-order valence-corrected chi connectivity index (χ1v) is 6.39. The van der Waals surface area contributed by atoms with Crippen LogP contribution in [0.25, 0.3) is 0 Å². The van der Waals surface area contributed by atoms with Crippen LogP contribution in [-0.2, 0) is 18.1 Å². The summed E-state index contributed by atoms with van der Waals surface area (Å²) in [5.74, 6) is 0. The van der Waals surface area contributed by atoms with Gasteiger partial charge in [0, 0.05) is 14.2 Å². The maximum Gasteiger partial charge on any atom is 0.474 e. The van der Waals surface area contributed by atoms with Crippen LogP contribution >= 0.6 is 7.82 Å². The van der Waals surface area contributed by atoms with Crippen molar-refractivity contribution in [1.29, 1.82) is 0 Å². The predicted molar refractivity (Wildman–Crippen MR) is 56.3 cm³/mol. The first-order valence-electron chi connectivity index (χ1n) is 4.93. The molecule has 14 heavy (non-hydrogen) atoms. The third-order valence-electron chi connectivity index (χ3n) is 2.69. The molecule has 0 amide bonds. The van der Waals surface area contributed by atoms with Gasteiger partial charge in [-0.1, -0.05) is 20.8 Å². The number of rotatable bonds is 7. The van der Waals surface area contributed by atoms with Gasteiger partial charge in [0.25, 0.3) is 0 Å². The van der Waals surface area contributed by atoms with E-state index in [2.05, 4.69) is 0 Å². The summed E-state index contributed by atoms with van der Waals surface area (Å²) in [7, 11) is -0.693. The molecule has 4 nitrogen and oxygen atoms in total. The van der Waals surface area contributed by atoms with Crippen LogP contribution in [-0.4, -0.2) is 19.8 Å². The Kier molecular flexibility index (Phi) is 5.91. The molecule has 0 aliphatic rings. The van der Waals surface area contributed by atoms with Crippen molar-refractivity contribution in [3.63, 3.8) is 0 Å². The quantitative estimate of drug-likeness (QED) is 0.622. The number of phosphoric ester groups is 1. The lowest BCUT2D eigenvalue weighted by molar-refractivity contribution is 0.0117. The minimum atomic E-state index is -3.35. The van der Waals surface area contributed by atoms with Crippen molar-refractivity contribution in [3.8, 4) is 0 Å². The second kappa shape index (κ2) is 5.86. The molecular formula is C9H21O4P. The summed E-state index contributed by atoms with van der Waals surface area (Å²) in [6.45, 7) is 6.01. The Balaban J connectivity index is 4.65. The zero-order valence-electron chi connectivity index (χ0n) is 9.70. The maximum atomic E-state index is 11.8. The topological polar surface area (TPSA) is 44.8 Å². The van der Waals surface area contributed by atoms with Crippen LogP contribution < -0.4 is 0 Å². The summed E-state index contributed by atoms with van der Waals surface area (Å²) in [6.07, 6.45) is 2.37. The molecule has 0 heterocycles. The van der Waals surface area contributed by atoms with Gasteiger partial charge >= 0.3 is 7.82 Å². The van der Waals surface area contributed by atoms with E-state index in [1.165, 1.54) is 14.2 Å². The highest BCUT2D eigenvalue weighted by Crippen LogP contribution is 2.53. The highest BCUT2D eigenvalue weighted by Gasteiger charge is 2.36. The summed E-state index contributed by atoms with van der Waals surface area (Å²) in [5.41, 5.74) is -0.401. The van der Waals surface area contributed by atoms with E-state index in [9.17, 15) is 4.57 Å². The van der Waals surface area contributed by atoms with E-state index in [0.717, 1.165) is 19.3 Å². The van der Waals surface area contributed by atoms with Crippen molar-refractivity contribution in [2.24, 2.45) is 0 Å². The highest BCUT2D eigenvalue weighted by molar-refractivity contribution is 7.48. The lowest BCUT2D eigenvalue weighted by Crippen LogP contribution is -2.29. The fourth-order valence-corrected chi connectivity index (χ4v) is 2.49. The average Bonchev–Trinajstić information content (AvgIpc) is 2.26. The Morgan fingerprint density at radius 3 is 1.57 bits per heavy atom. The maximum absolute atomic E-state index is 11.8. The fraction of sp³-hybridized carbons (Fsp3) is 1.00. The molecule has 0 saturated heterocycles. The van der Waals surface area contributed by atoms with Crippen LogP contribution in [0.5, 0.6) is 0 Å². The van der Waals surface area contributed by atoms with Gasteiger partial charge in [-0.25, -0.2) is 4.57 Å². The first-order chi connectivity index (χ1) is 6.51. The van der Waals surface area contributed by atoms with Crippen molar-refractivity contribution in [2.45, 2.75) is 45.6 Å². The summed E-state index contributed by atoms with van der Waals surface area (Å²) in [4.78, 5) is 0. The van der Waals surface area contributed by atoms with E-state index >= 15 is 0 Å². The van der Waals surface area contributed by atoms with Gasteiger partial charge in [-0.3, -0.25) is 13.6 Å². The van der Waals surface area contributed by atoms with E-state index in [1.54, 1.807) is 0 Å². The Hall–Kier alpha value is 0.110. The largest absolute Gasteiger partial charge is 0.474 e. The Bertz CT molecular complexity index is 185. The minimum absolute atomic E-state index is 0.401. The van der Waals surface area contributed by atoms with Gasteiger partial charge in [-0.05, 0) is 19.3 Å². The van der Waals surface area contributed by atoms with Crippen LogP contribution in [0, 0.1) is 0 Å². The van der Waals surface area contributed by atoms with Crippen LogP contribution in [0.15, 0.2) is 0 Å². The molecule has 0 atom stereocenters. The zero-order valence-corrected chi connectivity index (χ0v) is 10.6. The molecule has 0 bridgehead atoms. The second-order valence-electron chi connectivity index (χ2n) is 3.15. The molecule has 0 aliphatic heterocycles. The Labute approximate surface area is 86.5 Å². The molecule has 0 radical (unpaired) electrons. The highest BCUT2D eigenvalue weighted by atomic mass is 31.2. The Morgan fingerprint density at radius 1 is 1.00 bits per heavy atom. The van der Waals surface area contributed by atoms with Crippen molar-refractivity contribution < 1.29 is 18.1 Å². The standard InChI is InChI=1S/C9H21O4P/c1-6-9(7-2,8-3)13-14(10,11-4)12-5/h6-8H2,1-5H3. The van der Waals surface area contributed by atoms with Gasteiger partial charge in [0.2, 0.25) is 0 Å². The number of phosphoric acid groups is 1. The van der Waals surface area contributed by atoms with Crippen molar-refractivity contribution in [3.05, 3.63) is 0 Å². The lowest BCUT2D eigenvalue weighted by atomic mass is 9.95. The molecule has 0 rings (SSSR count). The van der Waals surface area contributed by atoms with Gasteiger partial charge in [0.15, 0.2) is 0 Å². The van der Waals surface area contributed by atoms with E-state index in [-0.39, 0.29) is 0 Å². The molecule has 0 aromatic carbocycles. The third kappa shape index (κ3) is 3.35. The van der Waals surface area contributed by atoms with E-state index < -0.39 is 13.4 Å². The number of hydrogen-bond donors (Lipinski definition) is 0. The molecule has 0 aromatic rings. The summed E-state index contributed by atoms with van der Waals surface area (Å²) in [6, 6.07) is 0. The van der Waals surface area contributed by atoms with E-state index in [1.807, 2.05) is 20.8 Å². The SMILES string of the molecule is CCC(CC)(CC)OP(=O)(OC)OC. The minimum Gasteiger partial charge on any atom is -0.290 e. The fourth-order valence-electron chi connectivity index (χ4n) is 1.33. The average molecular weight is 224 g/mol. The first kappa shape index (κ1) is 14.1. The predicted octanol–water partition coefficient (Wildman–Crippen LogP) is 3.37. The van der Waals surface area contributed by atoms with E-state index in [4.69, 9.17) is 13.6 Å². The lowest BCUT2D eigenvalue weighted by Gasteiger charge is -2.32. The van der Waals surface area contributed by atoms with Crippen LogP contribution in [0.1, 0.15) is 40.0 Å². The van der Waals surface area contributed by atoms with Crippen LogP contribution in [0.3, 0.4) is 0 Å². The molecule has 0 spiro atoms. The van der Waals surface area contributed by atoms with Crippen molar-refractivity contribution in [2.75, 3.05) is 14.2 Å². The van der Waals surface area contributed by atoms with Gasteiger partial charge in [0.05, 0.1) is 5.60 Å². The molecular weight excluding hydrogens is 203 g/mol. The normalized spacial score (nSPS) is 13.2. The Morgan fingerprint density at radius 2 is 1.36 bits per heavy atom. The molecule has 86 valence electrons. The van der Waals surface area contributed by atoms with Gasteiger partial charge in [0.1, 0.15) is 0 Å². The second-order valence-corrected chi connectivity index (χ2v) is 4.95. The molecule has 0 aliphatic carbocycles. The molecule has 0 N–H and O–H groups in total. The summed E-state index contributed by atoms with van der Waals surface area (Å²) >= 11 is 0. The summed E-state index contributed by atoms with van der Waals surface area (Å²) < 4.78 is 26.8. The number of hydrogen-bond acceptors (Lipinski definition) is 4. The molecule has 0 fully saturated rings. The van der Waals surface area contributed by atoms with E-state index in [0.29, 0.717) is 0 Å². The van der Waals surface area contributed by atoms with Gasteiger partial charge in [-0.15, -0.1) is 0 Å². The van der Waals surface area contributed by atoms with Crippen LogP contribution in [0.2, 0.25) is 0 Å². The van der Waals surface area contributed by atoms with Crippen LogP contribution in [0.4, 0.5) is 0 Å². The molecule has 0 unspecified atom stereocenters. The van der Waals surface area contributed by atoms with Crippen molar-refractivity contribution >= 4 is 7.82 Å². The molecule has 0 saturated carbocycles. The van der Waals surface area contributed by atoms with Gasteiger partial charge in [-0.2, -0.15) is 0 Å². The summed E-state index contributed by atoms with van der Waals surface area (Å²) in [5, 5.41) is 0. The molecule has 0 aromatic heterocycles. The monoisotopic (exact) mass is 224 g/mol. The smallest absolute Gasteiger partial charge is 0.290 e. The van der Waals surface area contributed by atoms with Crippen molar-refractivity contribution in [1.82, 2.24) is 0 Å². The zero-order chi connectivity index (χ0) is 11.2.